The van der Waals surface area contributed by atoms with Crippen LogP contribution in [0.15, 0.2) is 53.4 Å². The smallest absolute Gasteiger partial charge is 0.255 e. The Kier molecular flexibility index (Phi) is 6.40. The van der Waals surface area contributed by atoms with Gasteiger partial charge >= 0.3 is 0 Å². The molecule has 1 aliphatic heterocycles. The van der Waals surface area contributed by atoms with E-state index in [9.17, 15) is 13.2 Å². The summed E-state index contributed by atoms with van der Waals surface area (Å²) >= 11 is 6.22. The molecule has 0 spiro atoms. The van der Waals surface area contributed by atoms with E-state index in [4.69, 9.17) is 16.3 Å². The maximum absolute atomic E-state index is 13.0. The van der Waals surface area contributed by atoms with Crippen LogP contribution in [0, 0.1) is 0 Å². The molecule has 0 radical (unpaired) electrons. The Hall–Kier alpha value is -1.93. The van der Waals surface area contributed by atoms with Gasteiger partial charge in [-0.15, -0.1) is 0 Å². The summed E-state index contributed by atoms with van der Waals surface area (Å²) in [5, 5.41) is 0.230. The number of carbonyl (C=O) groups excluding carboxylic acids is 1. The third-order valence-electron chi connectivity index (χ3n) is 4.65. The van der Waals surface area contributed by atoms with E-state index in [1.54, 1.807) is 4.90 Å². The fraction of sp³-hybridized carbons (Fsp3) is 0.350. The number of halogens is 1. The zero-order valence-electron chi connectivity index (χ0n) is 15.8. The number of rotatable bonds is 5. The van der Waals surface area contributed by atoms with Crippen molar-refractivity contribution in [3.63, 3.8) is 0 Å². The number of carbonyl (C=O) groups is 1. The van der Waals surface area contributed by atoms with Gasteiger partial charge in [-0.25, -0.2) is 8.42 Å². The molecule has 0 aliphatic carbocycles. The van der Waals surface area contributed by atoms with Crippen LogP contribution in [0.5, 0.6) is 0 Å². The molecule has 6 nitrogen and oxygen atoms in total. The van der Waals surface area contributed by atoms with Gasteiger partial charge in [0.2, 0.25) is 10.0 Å². The van der Waals surface area contributed by atoms with Crippen LogP contribution in [0.1, 0.15) is 22.8 Å². The van der Waals surface area contributed by atoms with Gasteiger partial charge in [-0.2, -0.15) is 4.31 Å². The maximum Gasteiger partial charge on any atom is 0.255 e. The highest BCUT2D eigenvalue weighted by atomic mass is 35.5. The Morgan fingerprint density at radius 1 is 1.25 bits per heavy atom. The lowest BCUT2D eigenvalue weighted by Crippen LogP contribution is -2.44. The molecule has 1 fully saturated rings. The number of hydrogen-bond acceptors (Lipinski definition) is 4. The van der Waals surface area contributed by atoms with Gasteiger partial charge in [-0.1, -0.05) is 41.9 Å². The van der Waals surface area contributed by atoms with Crippen LogP contribution in [0.3, 0.4) is 0 Å². The van der Waals surface area contributed by atoms with Crippen molar-refractivity contribution in [2.24, 2.45) is 0 Å². The Labute approximate surface area is 170 Å². The molecule has 150 valence electrons. The van der Waals surface area contributed by atoms with E-state index >= 15 is 0 Å². The highest BCUT2D eigenvalue weighted by Gasteiger charge is 2.27. The average Bonchev–Trinajstić information content (AvgIpc) is 2.68. The second-order valence-electron chi connectivity index (χ2n) is 6.82. The summed E-state index contributed by atoms with van der Waals surface area (Å²) in [5.41, 5.74) is 1.06. The SMILES string of the molecule is C[C@@H]1CN(C(=O)c2cc(S(=O)(=O)N(C)Cc3ccccc3)ccc2Cl)CCO1. The fourth-order valence-electron chi connectivity index (χ4n) is 3.11. The molecular formula is C20H23ClN2O4S. The van der Waals surface area contributed by atoms with Crippen LogP contribution < -0.4 is 0 Å². The Morgan fingerprint density at radius 2 is 1.96 bits per heavy atom. The Bertz CT molecular complexity index is 950. The molecule has 8 heteroatoms. The van der Waals surface area contributed by atoms with E-state index in [2.05, 4.69) is 0 Å². The van der Waals surface area contributed by atoms with Crippen LogP contribution in [-0.4, -0.2) is 56.4 Å². The first-order valence-electron chi connectivity index (χ1n) is 8.99. The predicted octanol–water partition coefficient (Wildman–Crippen LogP) is 3.02. The van der Waals surface area contributed by atoms with Crippen molar-refractivity contribution in [3.05, 3.63) is 64.7 Å². The molecular weight excluding hydrogens is 400 g/mol. The van der Waals surface area contributed by atoms with Gasteiger partial charge in [0.25, 0.3) is 5.91 Å². The van der Waals surface area contributed by atoms with E-state index in [-0.39, 0.29) is 34.0 Å². The summed E-state index contributed by atoms with van der Waals surface area (Å²) < 4.78 is 32.7. The van der Waals surface area contributed by atoms with Gasteiger partial charge < -0.3 is 9.64 Å². The molecule has 28 heavy (non-hydrogen) atoms. The van der Waals surface area contributed by atoms with Crippen molar-refractivity contribution in [1.82, 2.24) is 9.21 Å². The zero-order chi connectivity index (χ0) is 20.3. The highest BCUT2D eigenvalue weighted by molar-refractivity contribution is 7.89. The third-order valence-corrected chi connectivity index (χ3v) is 6.78. The monoisotopic (exact) mass is 422 g/mol. The molecule has 1 aliphatic rings. The van der Waals surface area contributed by atoms with Gasteiger partial charge in [-0.05, 0) is 30.7 Å². The van der Waals surface area contributed by atoms with Crippen molar-refractivity contribution >= 4 is 27.5 Å². The van der Waals surface area contributed by atoms with Gasteiger partial charge in [0.15, 0.2) is 0 Å². The molecule has 2 aromatic carbocycles. The van der Waals surface area contributed by atoms with Gasteiger partial charge in [0.05, 0.1) is 28.2 Å². The quantitative estimate of drug-likeness (QED) is 0.742. The molecule has 2 aromatic rings. The lowest BCUT2D eigenvalue weighted by molar-refractivity contribution is -0.0124. The molecule has 0 bridgehead atoms. The molecule has 1 atom stereocenters. The number of hydrogen-bond donors (Lipinski definition) is 0. The zero-order valence-corrected chi connectivity index (χ0v) is 17.4. The second-order valence-corrected chi connectivity index (χ2v) is 9.27. The van der Waals surface area contributed by atoms with Crippen LogP contribution in [0.25, 0.3) is 0 Å². The lowest BCUT2D eigenvalue weighted by atomic mass is 10.1. The van der Waals surface area contributed by atoms with E-state index in [1.807, 2.05) is 37.3 Å². The van der Waals surface area contributed by atoms with Gasteiger partial charge in [0, 0.05) is 26.7 Å². The minimum absolute atomic E-state index is 0.0417. The minimum atomic E-state index is -3.77. The molecule has 1 heterocycles. The number of nitrogens with zero attached hydrogens (tertiary/aromatic N) is 2. The summed E-state index contributed by atoms with van der Waals surface area (Å²) in [7, 11) is -2.26. The number of ether oxygens (including phenoxy) is 1. The first-order valence-corrected chi connectivity index (χ1v) is 10.8. The minimum Gasteiger partial charge on any atom is -0.375 e. The lowest BCUT2D eigenvalue weighted by Gasteiger charge is -2.31. The summed E-state index contributed by atoms with van der Waals surface area (Å²) in [6.45, 7) is 3.46. The highest BCUT2D eigenvalue weighted by Crippen LogP contribution is 2.25. The van der Waals surface area contributed by atoms with Gasteiger partial charge in [-0.3, -0.25) is 4.79 Å². The molecule has 0 N–H and O–H groups in total. The van der Waals surface area contributed by atoms with Crippen LogP contribution in [-0.2, 0) is 21.3 Å². The van der Waals surface area contributed by atoms with E-state index < -0.39 is 10.0 Å². The molecule has 3 rings (SSSR count). The van der Waals surface area contributed by atoms with Crippen molar-refractivity contribution in [2.75, 3.05) is 26.7 Å². The van der Waals surface area contributed by atoms with Crippen molar-refractivity contribution in [2.45, 2.75) is 24.5 Å². The predicted molar refractivity (Wildman–Crippen MR) is 108 cm³/mol. The van der Waals surface area contributed by atoms with E-state index in [0.717, 1.165) is 5.56 Å². The van der Waals surface area contributed by atoms with E-state index in [0.29, 0.717) is 19.7 Å². The fourth-order valence-corrected chi connectivity index (χ4v) is 4.49. The number of amides is 1. The summed E-state index contributed by atoms with van der Waals surface area (Å²) in [6.07, 6.45) is -0.0691. The van der Waals surface area contributed by atoms with Crippen molar-refractivity contribution in [1.29, 1.82) is 0 Å². The summed E-state index contributed by atoms with van der Waals surface area (Å²) in [4.78, 5) is 14.6. The second kappa shape index (κ2) is 8.61. The first kappa shape index (κ1) is 20.8. The topological polar surface area (TPSA) is 66.9 Å². The maximum atomic E-state index is 13.0. The van der Waals surface area contributed by atoms with Crippen molar-refractivity contribution < 1.29 is 17.9 Å². The molecule has 1 saturated heterocycles. The van der Waals surface area contributed by atoms with Crippen LogP contribution in [0.4, 0.5) is 0 Å². The number of sulfonamides is 1. The Morgan fingerprint density at radius 3 is 2.64 bits per heavy atom. The standard InChI is InChI=1S/C20H23ClN2O4S/c1-15-13-23(10-11-27-15)20(24)18-12-17(8-9-19(18)21)28(25,26)22(2)14-16-6-4-3-5-7-16/h3-9,12,15H,10-11,13-14H2,1-2H3/t15-/m1/s1. The van der Waals surface area contributed by atoms with Crippen LogP contribution >= 0.6 is 11.6 Å². The first-order chi connectivity index (χ1) is 13.3. The molecule has 1 amide bonds. The Balaban J connectivity index is 1.86. The molecule has 0 unspecified atom stereocenters. The van der Waals surface area contributed by atoms with Crippen LogP contribution in [0.2, 0.25) is 5.02 Å². The molecule has 0 aromatic heterocycles. The van der Waals surface area contributed by atoms with E-state index in [1.165, 1.54) is 29.6 Å². The van der Waals surface area contributed by atoms with Gasteiger partial charge in [0.1, 0.15) is 0 Å². The molecule has 0 saturated carbocycles. The summed E-state index contributed by atoms with van der Waals surface area (Å²) in [5.74, 6) is -0.289. The van der Waals surface area contributed by atoms with Crippen molar-refractivity contribution in [3.8, 4) is 0 Å². The largest absolute Gasteiger partial charge is 0.375 e. The number of morpholine rings is 1. The average molecular weight is 423 g/mol. The number of benzene rings is 2. The summed E-state index contributed by atoms with van der Waals surface area (Å²) in [6, 6.07) is 13.6. The normalized spacial score (nSPS) is 17.7. The third kappa shape index (κ3) is 4.55.